The second-order valence-corrected chi connectivity index (χ2v) is 10.4. The number of rotatable bonds is 5. The minimum Gasteiger partial charge on any atom is -0.465 e. The van der Waals surface area contributed by atoms with Gasteiger partial charge in [-0.2, -0.15) is 4.31 Å². The summed E-state index contributed by atoms with van der Waals surface area (Å²) in [6.07, 6.45) is 3.42. The standard InChI is InChI=1S/C23H21N5O4S2/c1-32-23(29)20-19(8-14-33-20)34(30,31)28-12-10-27(11-13-28)22-17-6-2-3-7-18(17)25-21(26-22)16-5-4-9-24-15-16/h2-9,14-15H,10-13H2,1H3. The van der Waals surface area contributed by atoms with Gasteiger partial charge in [0, 0.05) is 49.5 Å². The second kappa shape index (κ2) is 9.09. The quantitative estimate of drug-likeness (QED) is 0.389. The van der Waals surface area contributed by atoms with Gasteiger partial charge in [0.2, 0.25) is 10.0 Å². The Bertz CT molecular complexity index is 1450. The molecule has 0 bridgehead atoms. The normalized spacial score (nSPS) is 14.9. The first-order chi connectivity index (χ1) is 16.5. The lowest BCUT2D eigenvalue weighted by atomic mass is 10.2. The fourth-order valence-corrected chi connectivity index (χ4v) is 6.68. The van der Waals surface area contributed by atoms with Gasteiger partial charge in [0.15, 0.2) is 5.82 Å². The third kappa shape index (κ3) is 4.02. The summed E-state index contributed by atoms with van der Waals surface area (Å²) in [7, 11) is -2.59. The van der Waals surface area contributed by atoms with Crippen molar-refractivity contribution in [1.82, 2.24) is 19.3 Å². The molecule has 174 valence electrons. The summed E-state index contributed by atoms with van der Waals surface area (Å²) in [5, 5.41) is 2.49. The Morgan fingerprint density at radius 3 is 2.56 bits per heavy atom. The number of carbonyl (C=O) groups excluding carboxylic acids is 1. The van der Waals surface area contributed by atoms with Crippen LogP contribution in [0.1, 0.15) is 9.67 Å². The molecule has 1 saturated heterocycles. The number of sulfonamides is 1. The molecule has 1 fully saturated rings. The molecule has 4 aromatic rings. The number of carbonyl (C=O) groups is 1. The van der Waals surface area contributed by atoms with Crippen LogP contribution in [-0.2, 0) is 14.8 Å². The molecule has 0 N–H and O–H groups in total. The van der Waals surface area contributed by atoms with Crippen LogP contribution in [0, 0.1) is 0 Å². The molecule has 11 heteroatoms. The first-order valence-electron chi connectivity index (χ1n) is 10.6. The molecule has 0 amide bonds. The number of aromatic nitrogens is 3. The van der Waals surface area contributed by atoms with Gasteiger partial charge in [0.05, 0.1) is 12.6 Å². The zero-order valence-corrected chi connectivity index (χ0v) is 19.9. The number of hydrogen-bond acceptors (Lipinski definition) is 9. The highest BCUT2D eigenvalue weighted by atomic mass is 32.2. The van der Waals surface area contributed by atoms with Crippen molar-refractivity contribution in [3.63, 3.8) is 0 Å². The number of ether oxygens (including phenoxy) is 1. The Morgan fingerprint density at radius 1 is 1.03 bits per heavy atom. The predicted octanol–water partition coefficient (Wildman–Crippen LogP) is 3.05. The number of nitrogens with zero attached hydrogens (tertiary/aromatic N) is 5. The highest BCUT2D eigenvalue weighted by Crippen LogP contribution is 2.30. The first kappa shape index (κ1) is 22.4. The van der Waals surface area contributed by atoms with Crippen LogP contribution in [0.15, 0.2) is 65.1 Å². The van der Waals surface area contributed by atoms with Gasteiger partial charge in [0.25, 0.3) is 0 Å². The van der Waals surface area contributed by atoms with E-state index in [9.17, 15) is 13.2 Å². The highest BCUT2D eigenvalue weighted by Gasteiger charge is 2.33. The minimum atomic E-state index is -3.83. The smallest absolute Gasteiger partial charge is 0.349 e. The van der Waals surface area contributed by atoms with Gasteiger partial charge >= 0.3 is 5.97 Å². The van der Waals surface area contributed by atoms with Crippen molar-refractivity contribution in [2.75, 3.05) is 38.2 Å². The molecular weight excluding hydrogens is 474 g/mol. The maximum Gasteiger partial charge on any atom is 0.349 e. The summed E-state index contributed by atoms with van der Waals surface area (Å²) in [4.78, 5) is 27.9. The molecule has 0 saturated carbocycles. The number of thiophene rings is 1. The minimum absolute atomic E-state index is 0.0100. The molecule has 4 heterocycles. The number of para-hydroxylation sites is 1. The molecule has 0 radical (unpaired) electrons. The topological polar surface area (TPSA) is 106 Å². The Morgan fingerprint density at radius 2 is 1.82 bits per heavy atom. The van der Waals surface area contributed by atoms with E-state index in [0.29, 0.717) is 18.9 Å². The van der Waals surface area contributed by atoms with Gasteiger partial charge in [-0.25, -0.2) is 23.2 Å². The molecule has 9 nitrogen and oxygen atoms in total. The lowest BCUT2D eigenvalue weighted by Crippen LogP contribution is -2.49. The number of pyridine rings is 1. The Hall–Kier alpha value is -3.41. The number of hydrogen-bond donors (Lipinski definition) is 0. The second-order valence-electron chi connectivity index (χ2n) is 7.63. The summed E-state index contributed by atoms with van der Waals surface area (Å²) in [6.45, 7) is 1.42. The molecule has 3 aromatic heterocycles. The van der Waals surface area contributed by atoms with E-state index in [2.05, 4.69) is 9.88 Å². The number of esters is 1. The van der Waals surface area contributed by atoms with E-state index >= 15 is 0 Å². The van der Waals surface area contributed by atoms with Crippen molar-refractivity contribution in [2.45, 2.75) is 4.90 Å². The highest BCUT2D eigenvalue weighted by molar-refractivity contribution is 7.89. The van der Waals surface area contributed by atoms with Crippen LogP contribution in [0.2, 0.25) is 0 Å². The molecular formula is C23H21N5O4S2. The van der Waals surface area contributed by atoms with E-state index in [0.717, 1.165) is 33.6 Å². The van der Waals surface area contributed by atoms with E-state index in [1.165, 1.54) is 17.5 Å². The maximum atomic E-state index is 13.3. The summed E-state index contributed by atoms with van der Waals surface area (Å²) >= 11 is 1.06. The Labute approximate surface area is 200 Å². The van der Waals surface area contributed by atoms with Gasteiger partial charge in [-0.15, -0.1) is 11.3 Å². The zero-order valence-electron chi connectivity index (χ0n) is 18.3. The van der Waals surface area contributed by atoms with E-state index < -0.39 is 16.0 Å². The monoisotopic (exact) mass is 495 g/mol. The van der Waals surface area contributed by atoms with Gasteiger partial charge in [-0.1, -0.05) is 12.1 Å². The van der Waals surface area contributed by atoms with Crippen LogP contribution in [0.3, 0.4) is 0 Å². The molecule has 0 aliphatic carbocycles. The Kier molecular flexibility index (Phi) is 5.98. The van der Waals surface area contributed by atoms with Crippen LogP contribution in [0.4, 0.5) is 5.82 Å². The predicted molar refractivity (Wildman–Crippen MR) is 129 cm³/mol. The van der Waals surface area contributed by atoms with Gasteiger partial charge < -0.3 is 9.64 Å². The van der Waals surface area contributed by atoms with E-state index in [1.54, 1.807) is 17.8 Å². The van der Waals surface area contributed by atoms with Crippen LogP contribution in [-0.4, -0.2) is 66.9 Å². The molecule has 1 aliphatic rings. The molecule has 0 spiro atoms. The zero-order chi connectivity index (χ0) is 23.7. The fraction of sp³-hybridized carbons (Fsp3) is 0.217. The SMILES string of the molecule is COC(=O)c1sccc1S(=O)(=O)N1CCN(c2nc(-c3cccnc3)nc3ccccc23)CC1. The number of anilines is 1. The number of methoxy groups -OCH3 is 1. The lowest BCUT2D eigenvalue weighted by molar-refractivity contribution is 0.0602. The molecule has 1 aromatic carbocycles. The van der Waals surface area contributed by atoms with Crippen molar-refractivity contribution in [3.05, 3.63) is 65.1 Å². The van der Waals surface area contributed by atoms with E-state index in [1.807, 2.05) is 36.4 Å². The van der Waals surface area contributed by atoms with Gasteiger partial charge in [-0.05, 0) is 35.7 Å². The largest absolute Gasteiger partial charge is 0.465 e. The summed E-state index contributed by atoms with van der Waals surface area (Å²) in [6, 6.07) is 13.0. The molecule has 34 heavy (non-hydrogen) atoms. The summed E-state index contributed by atoms with van der Waals surface area (Å²) < 4.78 is 32.7. The number of fused-ring (bicyclic) bond motifs is 1. The van der Waals surface area contributed by atoms with Gasteiger partial charge in [-0.3, -0.25) is 4.98 Å². The average Bonchev–Trinajstić information content (AvgIpc) is 3.39. The molecule has 0 atom stereocenters. The van der Waals surface area contributed by atoms with Crippen molar-refractivity contribution in [3.8, 4) is 11.4 Å². The average molecular weight is 496 g/mol. The van der Waals surface area contributed by atoms with E-state index in [-0.39, 0.29) is 22.9 Å². The lowest BCUT2D eigenvalue weighted by Gasteiger charge is -2.35. The van der Waals surface area contributed by atoms with Gasteiger partial charge in [0.1, 0.15) is 15.6 Å². The van der Waals surface area contributed by atoms with E-state index in [4.69, 9.17) is 14.7 Å². The third-order valence-corrected chi connectivity index (χ3v) is 8.62. The van der Waals surface area contributed by atoms with Crippen LogP contribution < -0.4 is 4.90 Å². The number of benzene rings is 1. The molecule has 5 rings (SSSR count). The first-order valence-corrected chi connectivity index (χ1v) is 12.9. The van der Waals surface area contributed by atoms with Crippen LogP contribution >= 0.6 is 11.3 Å². The van der Waals surface area contributed by atoms with Crippen LogP contribution in [0.25, 0.3) is 22.3 Å². The maximum absolute atomic E-state index is 13.3. The van der Waals surface area contributed by atoms with Crippen molar-refractivity contribution >= 4 is 44.1 Å². The van der Waals surface area contributed by atoms with Crippen molar-refractivity contribution in [2.24, 2.45) is 0 Å². The summed E-state index contributed by atoms with van der Waals surface area (Å²) in [5.41, 5.74) is 1.62. The fourth-order valence-electron chi connectivity index (χ4n) is 3.95. The molecule has 1 aliphatic heterocycles. The Balaban J connectivity index is 1.44. The van der Waals surface area contributed by atoms with Crippen molar-refractivity contribution < 1.29 is 17.9 Å². The summed E-state index contributed by atoms with van der Waals surface area (Å²) in [5.74, 6) is 0.674. The number of piperazine rings is 1. The molecule has 0 unspecified atom stereocenters. The van der Waals surface area contributed by atoms with Crippen molar-refractivity contribution in [1.29, 1.82) is 0 Å². The third-order valence-electron chi connectivity index (χ3n) is 5.66. The van der Waals surface area contributed by atoms with Crippen LogP contribution in [0.5, 0.6) is 0 Å².